The zero-order chi connectivity index (χ0) is 7.28. The average Bonchev–Trinajstić information content (AvgIpc) is 1.87. The van der Waals surface area contributed by atoms with E-state index >= 15 is 0 Å². The Morgan fingerprint density at radius 2 is 2.33 bits per heavy atom. The van der Waals surface area contributed by atoms with E-state index in [1.807, 2.05) is 0 Å². The summed E-state index contributed by atoms with van der Waals surface area (Å²) in [6.45, 7) is 0. The minimum atomic E-state index is -2.06. The number of halogens is 2. The fourth-order valence-electron chi connectivity index (χ4n) is 0.251. The van der Waals surface area contributed by atoms with Crippen LogP contribution in [-0.4, -0.2) is 18.4 Å². The zero-order valence-electron chi connectivity index (χ0n) is 4.43. The quantitative estimate of drug-likeness (QED) is 0.436. The lowest BCUT2D eigenvalue weighted by atomic mass is 10.3. The maximum absolute atomic E-state index is 11.9. The van der Waals surface area contributed by atoms with Crippen LogP contribution in [0.3, 0.4) is 0 Å². The van der Waals surface area contributed by atoms with Gasteiger partial charge in [0.15, 0.2) is 6.17 Å². The highest BCUT2D eigenvalue weighted by Gasteiger charge is 2.15. The first-order chi connectivity index (χ1) is 4.22. The van der Waals surface area contributed by atoms with E-state index in [0.29, 0.717) is 5.54 Å². The summed E-state index contributed by atoms with van der Waals surface area (Å²) in [5.74, 6) is -1.41. The molecule has 3 nitrogen and oxygen atoms in total. The molecule has 0 aromatic heterocycles. The molecule has 9 heavy (non-hydrogen) atoms. The molecule has 0 aromatic carbocycles. The van der Waals surface area contributed by atoms with Crippen LogP contribution in [0.1, 0.15) is 6.42 Å². The normalized spacial score (nSPS) is 12.2. The summed E-state index contributed by atoms with van der Waals surface area (Å²) < 4.78 is 22.9. The van der Waals surface area contributed by atoms with E-state index in [-0.39, 0.29) is 6.29 Å². The molecule has 0 aliphatic heterocycles. The van der Waals surface area contributed by atoms with Crippen LogP contribution in [0.15, 0.2) is 0 Å². The van der Waals surface area contributed by atoms with Gasteiger partial charge in [-0.2, -0.15) is 5.54 Å². The summed E-state index contributed by atoms with van der Waals surface area (Å²) in [7, 11) is 0. The number of carbonyl (C=O) groups is 2. The summed E-state index contributed by atoms with van der Waals surface area (Å²) in [6, 6.07) is 0. The third-order valence-electron chi connectivity index (χ3n) is 0.681. The molecule has 1 N–H and O–H groups in total. The van der Waals surface area contributed by atoms with Crippen LogP contribution in [0.2, 0.25) is 0 Å². The van der Waals surface area contributed by atoms with Crippen LogP contribution in [0.4, 0.5) is 8.87 Å². The topological polar surface area (TPSA) is 46.2 Å². The van der Waals surface area contributed by atoms with Gasteiger partial charge in [0.05, 0.1) is 0 Å². The Morgan fingerprint density at radius 1 is 1.78 bits per heavy atom. The molecule has 1 amide bonds. The lowest BCUT2D eigenvalue weighted by Crippen LogP contribution is -2.25. The maximum atomic E-state index is 11.9. The molecule has 0 fully saturated rings. The molecule has 0 aliphatic carbocycles. The molecule has 1 atom stereocenters. The summed E-state index contributed by atoms with van der Waals surface area (Å²) in [5.41, 5.74) is 0.577. The fraction of sp³-hybridized carbons (Fsp3) is 0.500. The Hall–Kier alpha value is -1.00. The Morgan fingerprint density at radius 3 is 2.67 bits per heavy atom. The molecule has 1 unspecified atom stereocenters. The molecular formula is C4H5F2NO2. The van der Waals surface area contributed by atoms with Crippen molar-refractivity contribution in [1.82, 2.24) is 5.54 Å². The molecule has 0 aliphatic rings. The highest BCUT2D eigenvalue weighted by atomic mass is 19.2. The molecule has 52 valence electrons. The molecule has 0 aromatic rings. The van der Waals surface area contributed by atoms with Gasteiger partial charge < -0.3 is 4.79 Å². The van der Waals surface area contributed by atoms with E-state index in [1.54, 1.807) is 0 Å². The number of amides is 1. The Bertz CT molecular complexity index is 117. The molecule has 0 saturated carbocycles. The average molecular weight is 137 g/mol. The summed E-state index contributed by atoms with van der Waals surface area (Å²) >= 11 is 0. The van der Waals surface area contributed by atoms with Crippen LogP contribution < -0.4 is 5.54 Å². The zero-order valence-corrected chi connectivity index (χ0v) is 4.43. The van der Waals surface area contributed by atoms with Gasteiger partial charge in [-0.15, -0.1) is 4.48 Å². The predicted molar refractivity (Wildman–Crippen MR) is 24.8 cm³/mol. The SMILES string of the molecule is O=CCC(F)C(=O)NF. The van der Waals surface area contributed by atoms with Crippen molar-refractivity contribution < 1.29 is 18.5 Å². The van der Waals surface area contributed by atoms with Gasteiger partial charge in [0, 0.05) is 6.42 Å². The molecule has 0 heterocycles. The molecule has 5 heteroatoms. The number of rotatable bonds is 3. The van der Waals surface area contributed by atoms with Crippen molar-refractivity contribution in [1.29, 1.82) is 0 Å². The van der Waals surface area contributed by atoms with Gasteiger partial charge in [-0.3, -0.25) is 4.79 Å². The van der Waals surface area contributed by atoms with Gasteiger partial charge in [-0.25, -0.2) is 4.39 Å². The van der Waals surface area contributed by atoms with E-state index in [2.05, 4.69) is 0 Å². The van der Waals surface area contributed by atoms with E-state index in [1.165, 1.54) is 0 Å². The van der Waals surface area contributed by atoms with Crippen LogP contribution >= 0.6 is 0 Å². The second-order valence-electron chi connectivity index (χ2n) is 1.33. The van der Waals surface area contributed by atoms with Crippen molar-refractivity contribution >= 4 is 12.2 Å². The van der Waals surface area contributed by atoms with E-state index in [4.69, 9.17) is 0 Å². The second kappa shape index (κ2) is 3.94. The fourth-order valence-corrected chi connectivity index (χ4v) is 0.251. The van der Waals surface area contributed by atoms with Crippen molar-refractivity contribution in [3.8, 4) is 0 Å². The second-order valence-corrected chi connectivity index (χ2v) is 1.33. The maximum Gasteiger partial charge on any atom is 0.282 e. The number of aldehydes is 1. The number of carbonyl (C=O) groups excluding carboxylic acids is 2. The van der Waals surface area contributed by atoms with Gasteiger partial charge in [-0.05, 0) is 0 Å². The Balaban J connectivity index is 3.58. The highest BCUT2D eigenvalue weighted by Crippen LogP contribution is 1.93. The van der Waals surface area contributed by atoms with Gasteiger partial charge in [0.2, 0.25) is 0 Å². The number of hydrogen-bond donors (Lipinski definition) is 1. The molecular weight excluding hydrogens is 132 g/mol. The monoisotopic (exact) mass is 137 g/mol. The molecule has 0 bridgehead atoms. The van der Waals surface area contributed by atoms with Crippen molar-refractivity contribution in [3.63, 3.8) is 0 Å². The van der Waals surface area contributed by atoms with Crippen LogP contribution in [-0.2, 0) is 9.59 Å². The van der Waals surface area contributed by atoms with Crippen LogP contribution in [0, 0.1) is 0 Å². The minimum absolute atomic E-state index is 0.208. The van der Waals surface area contributed by atoms with E-state index in [0.717, 1.165) is 0 Å². The lowest BCUT2D eigenvalue weighted by Gasteiger charge is -1.96. The Labute approximate surface area is 50.0 Å². The van der Waals surface area contributed by atoms with Crippen molar-refractivity contribution in [2.24, 2.45) is 0 Å². The largest absolute Gasteiger partial charge is 0.303 e. The number of nitrogens with one attached hydrogen (secondary N) is 1. The number of hydrogen-bond acceptors (Lipinski definition) is 2. The minimum Gasteiger partial charge on any atom is -0.303 e. The van der Waals surface area contributed by atoms with Crippen LogP contribution in [0.5, 0.6) is 0 Å². The van der Waals surface area contributed by atoms with Crippen molar-refractivity contribution in [2.45, 2.75) is 12.6 Å². The van der Waals surface area contributed by atoms with Gasteiger partial charge in [0.1, 0.15) is 6.29 Å². The van der Waals surface area contributed by atoms with Crippen molar-refractivity contribution in [2.75, 3.05) is 0 Å². The third-order valence-corrected chi connectivity index (χ3v) is 0.681. The molecule has 0 rings (SSSR count). The van der Waals surface area contributed by atoms with Crippen LogP contribution in [0.25, 0.3) is 0 Å². The lowest BCUT2D eigenvalue weighted by molar-refractivity contribution is -0.131. The summed E-state index contributed by atoms with van der Waals surface area (Å²) in [5, 5.41) is 0. The first-order valence-corrected chi connectivity index (χ1v) is 2.20. The van der Waals surface area contributed by atoms with E-state index in [9.17, 15) is 18.5 Å². The van der Waals surface area contributed by atoms with Gasteiger partial charge in [-0.1, -0.05) is 0 Å². The molecule has 0 spiro atoms. The predicted octanol–water partition coefficient (Wildman–Crippen LogP) is -0.0858. The third kappa shape index (κ3) is 2.73. The number of alkyl halides is 1. The summed E-state index contributed by atoms with van der Waals surface area (Å²) in [6.07, 6.45) is -2.46. The Kier molecular flexibility index (Phi) is 3.50. The van der Waals surface area contributed by atoms with Crippen molar-refractivity contribution in [3.05, 3.63) is 0 Å². The van der Waals surface area contributed by atoms with Gasteiger partial charge >= 0.3 is 0 Å². The molecule has 0 radical (unpaired) electrons. The highest BCUT2D eigenvalue weighted by molar-refractivity contribution is 5.81. The first-order valence-electron chi connectivity index (χ1n) is 2.20. The summed E-state index contributed by atoms with van der Waals surface area (Å²) in [4.78, 5) is 19.4. The first kappa shape index (κ1) is 8.00. The van der Waals surface area contributed by atoms with Gasteiger partial charge in [0.25, 0.3) is 5.91 Å². The standard InChI is InChI=1S/C4H5F2NO2/c5-3(1-2-8)4(9)7-6/h2-3H,1H2,(H,7,9). The van der Waals surface area contributed by atoms with E-state index < -0.39 is 18.5 Å². The molecule has 0 saturated heterocycles. The smallest absolute Gasteiger partial charge is 0.282 e.